The minimum absolute atomic E-state index is 0.151. The van der Waals surface area contributed by atoms with E-state index in [9.17, 15) is 9.18 Å². The van der Waals surface area contributed by atoms with E-state index in [-0.39, 0.29) is 18.1 Å². The number of aryl methyl sites for hydroxylation is 2. The number of ether oxygens (including phenoxy) is 1. The van der Waals surface area contributed by atoms with Gasteiger partial charge in [0, 0.05) is 24.5 Å². The number of aromatic nitrogens is 4. The molecule has 8 nitrogen and oxygen atoms in total. The third kappa shape index (κ3) is 5.00. The van der Waals surface area contributed by atoms with Crippen LogP contribution in [-0.2, 0) is 11.2 Å². The number of amides is 1. The molecule has 0 aliphatic rings. The molecule has 0 saturated carbocycles. The van der Waals surface area contributed by atoms with E-state index in [1.54, 1.807) is 22.9 Å². The van der Waals surface area contributed by atoms with Crippen molar-refractivity contribution < 1.29 is 18.4 Å². The van der Waals surface area contributed by atoms with E-state index in [0.717, 1.165) is 17.0 Å². The maximum absolute atomic E-state index is 13.2. The minimum Gasteiger partial charge on any atom is -0.494 e. The van der Waals surface area contributed by atoms with E-state index in [1.165, 1.54) is 12.1 Å². The molecule has 9 heteroatoms. The SMILES string of the molecule is CCOc1ccc(-c2noc(CCC(=O)Nc3cc(C)nn3-c3ccc(F)cc3)n2)cc1. The van der Waals surface area contributed by atoms with Gasteiger partial charge in [0.15, 0.2) is 0 Å². The predicted molar refractivity (Wildman–Crippen MR) is 116 cm³/mol. The number of hydrogen-bond acceptors (Lipinski definition) is 6. The van der Waals surface area contributed by atoms with Crippen molar-refractivity contribution in [3.63, 3.8) is 0 Å². The Labute approximate surface area is 184 Å². The van der Waals surface area contributed by atoms with Crippen LogP contribution in [0.4, 0.5) is 10.2 Å². The van der Waals surface area contributed by atoms with E-state index in [0.29, 0.717) is 36.2 Å². The second-order valence-corrected chi connectivity index (χ2v) is 7.08. The predicted octanol–water partition coefficient (Wildman–Crippen LogP) is 4.34. The first-order chi connectivity index (χ1) is 15.5. The van der Waals surface area contributed by atoms with Crippen LogP contribution < -0.4 is 10.1 Å². The zero-order chi connectivity index (χ0) is 22.5. The zero-order valence-electron chi connectivity index (χ0n) is 17.7. The van der Waals surface area contributed by atoms with Gasteiger partial charge in [-0.15, -0.1) is 0 Å². The van der Waals surface area contributed by atoms with Crippen molar-refractivity contribution in [2.75, 3.05) is 11.9 Å². The molecule has 0 atom stereocenters. The van der Waals surface area contributed by atoms with Gasteiger partial charge in [-0.05, 0) is 62.4 Å². The second-order valence-electron chi connectivity index (χ2n) is 7.08. The lowest BCUT2D eigenvalue weighted by molar-refractivity contribution is -0.116. The number of nitrogens with zero attached hydrogens (tertiary/aromatic N) is 4. The largest absolute Gasteiger partial charge is 0.494 e. The van der Waals surface area contributed by atoms with E-state index in [4.69, 9.17) is 9.26 Å². The van der Waals surface area contributed by atoms with Crippen molar-refractivity contribution in [2.24, 2.45) is 0 Å². The van der Waals surface area contributed by atoms with Crippen LogP contribution in [0.5, 0.6) is 5.75 Å². The number of anilines is 1. The molecule has 0 spiro atoms. The fourth-order valence-electron chi connectivity index (χ4n) is 3.13. The van der Waals surface area contributed by atoms with Gasteiger partial charge in [0.1, 0.15) is 17.4 Å². The Kier molecular flexibility index (Phi) is 6.25. The number of benzene rings is 2. The monoisotopic (exact) mass is 435 g/mol. The van der Waals surface area contributed by atoms with Gasteiger partial charge in [0.2, 0.25) is 17.6 Å². The van der Waals surface area contributed by atoms with Gasteiger partial charge in [0.05, 0.1) is 18.0 Å². The van der Waals surface area contributed by atoms with Gasteiger partial charge in [-0.25, -0.2) is 9.07 Å². The summed E-state index contributed by atoms with van der Waals surface area (Å²) < 4.78 is 25.5. The van der Waals surface area contributed by atoms with Gasteiger partial charge in [-0.3, -0.25) is 4.79 Å². The Hall–Kier alpha value is -4.01. The highest BCUT2D eigenvalue weighted by Gasteiger charge is 2.14. The summed E-state index contributed by atoms with van der Waals surface area (Å²) >= 11 is 0. The number of nitrogens with one attached hydrogen (secondary N) is 1. The van der Waals surface area contributed by atoms with Crippen LogP contribution in [0, 0.1) is 12.7 Å². The van der Waals surface area contributed by atoms with E-state index >= 15 is 0 Å². The van der Waals surface area contributed by atoms with Crippen LogP contribution in [0.1, 0.15) is 24.9 Å². The third-order valence-electron chi connectivity index (χ3n) is 4.63. The highest BCUT2D eigenvalue weighted by Crippen LogP contribution is 2.21. The first-order valence-electron chi connectivity index (χ1n) is 10.2. The molecule has 0 aliphatic heterocycles. The van der Waals surface area contributed by atoms with Crippen LogP contribution in [0.3, 0.4) is 0 Å². The van der Waals surface area contributed by atoms with Gasteiger partial charge in [0.25, 0.3) is 0 Å². The van der Waals surface area contributed by atoms with Crippen LogP contribution in [0.25, 0.3) is 17.1 Å². The minimum atomic E-state index is -0.340. The smallest absolute Gasteiger partial charge is 0.227 e. The summed E-state index contributed by atoms with van der Waals surface area (Å²) in [6.07, 6.45) is 0.443. The van der Waals surface area contributed by atoms with Gasteiger partial charge < -0.3 is 14.6 Å². The summed E-state index contributed by atoms with van der Waals surface area (Å²) in [5.74, 6) is 1.52. The Balaban J connectivity index is 1.37. The summed E-state index contributed by atoms with van der Waals surface area (Å²) in [6, 6.07) is 15.0. The molecule has 4 rings (SSSR count). The molecule has 2 heterocycles. The number of carbonyl (C=O) groups is 1. The molecule has 0 fully saturated rings. The summed E-state index contributed by atoms with van der Waals surface area (Å²) in [5, 5.41) is 11.2. The molecule has 1 amide bonds. The van der Waals surface area contributed by atoms with Crippen molar-refractivity contribution in [2.45, 2.75) is 26.7 Å². The molecule has 2 aromatic heterocycles. The summed E-state index contributed by atoms with van der Waals surface area (Å²) in [7, 11) is 0. The maximum Gasteiger partial charge on any atom is 0.227 e. The molecular formula is C23H22FN5O3. The molecule has 0 bridgehead atoms. The summed E-state index contributed by atoms with van der Waals surface area (Å²) in [5.41, 5.74) is 2.17. The standard InChI is InChI=1S/C23H22FN5O3/c1-3-31-19-10-4-16(5-11-19)23-26-22(32-28-23)13-12-21(30)25-20-14-15(2)27-29(20)18-8-6-17(24)7-9-18/h4-11,14H,3,12-13H2,1-2H3,(H,25,30). The summed E-state index contributed by atoms with van der Waals surface area (Å²) in [6.45, 7) is 4.34. The second kappa shape index (κ2) is 9.42. The van der Waals surface area contributed by atoms with Crippen LogP contribution in [-0.4, -0.2) is 32.4 Å². The summed E-state index contributed by atoms with van der Waals surface area (Å²) in [4.78, 5) is 16.9. The maximum atomic E-state index is 13.2. The van der Waals surface area contributed by atoms with Crippen molar-refractivity contribution in [1.82, 2.24) is 19.9 Å². The lowest BCUT2D eigenvalue weighted by Gasteiger charge is -2.08. The Bertz CT molecular complexity index is 1200. The fraction of sp³-hybridized carbons (Fsp3) is 0.217. The molecular weight excluding hydrogens is 413 g/mol. The highest BCUT2D eigenvalue weighted by atomic mass is 19.1. The number of halogens is 1. The highest BCUT2D eigenvalue weighted by molar-refractivity contribution is 5.90. The average Bonchev–Trinajstić information content (AvgIpc) is 3.40. The topological polar surface area (TPSA) is 95.1 Å². The molecule has 0 radical (unpaired) electrons. The van der Waals surface area contributed by atoms with Crippen LogP contribution >= 0.6 is 0 Å². The van der Waals surface area contributed by atoms with E-state index < -0.39 is 0 Å². The van der Waals surface area contributed by atoms with Crippen molar-refractivity contribution in [3.8, 4) is 22.8 Å². The van der Waals surface area contributed by atoms with Crippen molar-refractivity contribution >= 4 is 11.7 Å². The number of rotatable bonds is 8. The van der Waals surface area contributed by atoms with Crippen LogP contribution in [0.2, 0.25) is 0 Å². The van der Waals surface area contributed by atoms with Crippen molar-refractivity contribution in [1.29, 1.82) is 0 Å². The molecule has 0 unspecified atom stereocenters. The molecule has 4 aromatic rings. The quantitative estimate of drug-likeness (QED) is 0.442. The molecule has 32 heavy (non-hydrogen) atoms. The van der Waals surface area contributed by atoms with E-state index in [1.807, 2.05) is 38.1 Å². The van der Waals surface area contributed by atoms with Gasteiger partial charge in [-0.2, -0.15) is 10.1 Å². The Morgan fingerprint density at radius 1 is 1.16 bits per heavy atom. The molecule has 0 saturated heterocycles. The Morgan fingerprint density at radius 2 is 1.91 bits per heavy atom. The third-order valence-corrected chi connectivity index (χ3v) is 4.63. The Morgan fingerprint density at radius 3 is 2.62 bits per heavy atom. The molecule has 2 aromatic carbocycles. The number of carbonyl (C=O) groups excluding carboxylic acids is 1. The van der Waals surface area contributed by atoms with Crippen LogP contribution in [0.15, 0.2) is 59.1 Å². The van der Waals surface area contributed by atoms with Gasteiger partial charge in [-0.1, -0.05) is 5.16 Å². The normalized spacial score (nSPS) is 10.8. The van der Waals surface area contributed by atoms with Crippen molar-refractivity contribution in [3.05, 3.63) is 72.0 Å². The molecule has 0 aliphatic carbocycles. The van der Waals surface area contributed by atoms with Gasteiger partial charge >= 0.3 is 0 Å². The molecule has 164 valence electrons. The lowest BCUT2D eigenvalue weighted by Crippen LogP contribution is -2.15. The zero-order valence-corrected chi connectivity index (χ0v) is 17.7. The molecule has 1 N–H and O–H groups in total. The first-order valence-corrected chi connectivity index (χ1v) is 10.2. The lowest BCUT2D eigenvalue weighted by atomic mass is 10.2. The fourth-order valence-corrected chi connectivity index (χ4v) is 3.13. The number of hydrogen-bond donors (Lipinski definition) is 1. The van der Waals surface area contributed by atoms with E-state index in [2.05, 4.69) is 20.6 Å². The first kappa shape index (κ1) is 21.2. The average molecular weight is 435 g/mol.